The minimum absolute atomic E-state index is 0.0544. The molecule has 3 aromatic carbocycles. The minimum atomic E-state index is -4.57. The van der Waals surface area contributed by atoms with E-state index in [1.54, 1.807) is 12.1 Å². The number of ether oxygens (including phenoxy) is 1. The van der Waals surface area contributed by atoms with Crippen molar-refractivity contribution in [1.29, 1.82) is 5.26 Å². The lowest BCUT2D eigenvalue weighted by atomic mass is 9.94. The number of hydrogen-bond acceptors (Lipinski definition) is 4. The third-order valence-electron chi connectivity index (χ3n) is 6.08. The van der Waals surface area contributed by atoms with E-state index in [1.807, 2.05) is 41.3 Å². The number of alkyl halides is 3. The predicted octanol–water partition coefficient (Wildman–Crippen LogP) is 5.74. The molecule has 1 N–H and O–H groups in total. The van der Waals surface area contributed by atoms with Crippen LogP contribution in [0.4, 0.5) is 13.2 Å². The lowest BCUT2D eigenvalue weighted by Gasteiger charge is -2.28. The minimum Gasteiger partial charge on any atom is -0.392 e. The highest BCUT2D eigenvalue weighted by molar-refractivity contribution is 5.81. The molecule has 3 aromatic rings. The largest absolute Gasteiger partial charge is 0.416 e. The molecule has 1 saturated heterocycles. The summed E-state index contributed by atoms with van der Waals surface area (Å²) in [6.45, 7) is 2.26. The van der Waals surface area contributed by atoms with Gasteiger partial charge in [0.25, 0.3) is 0 Å². The number of aliphatic hydroxyl groups is 1. The number of halogens is 3. The standard InChI is InChI=1S/C28H25F3N2O2/c29-28(30,31)27-16-23(18-33-11-13-35-14-12-33)24(19-34)15-22(27)10-9-21-7-4-8-25(26(21)17-32)20-5-2-1-3-6-20/h1-10,15-16,34H,11-14,18-19H2/b10-9+. The summed E-state index contributed by atoms with van der Waals surface area (Å²) < 4.78 is 47.4. The summed E-state index contributed by atoms with van der Waals surface area (Å²) in [5.41, 5.74) is 2.53. The molecule has 1 fully saturated rings. The first-order chi connectivity index (χ1) is 16.9. The molecular weight excluding hydrogens is 453 g/mol. The molecule has 35 heavy (non-hydrogen) atoms. The van der Waals surface area contributed by atoms with Crippen LogP contribution >= 0.6 is 0 Å². The second-order valence-corrected chi connectivity index (χ2v) is 8.33. The molecular formula is C28H25F3N2O2. The number of benzene rings is 3. The summed E-state index contributed by atoms with van der Waals surface area (Å²) in [5.74, 6) is 0. The van der Waals surface area contributed by atoms with E-state index in [0.717, 1.165) is 11.6 Å². The summed E-state index contributed by atoms with van der Waals surface area (Å²) in [7, 11) is 0. The molecule has 4 nitrogen and oxygen atoms in total. The Kier molecular flexibility index (Phi) is 7.67. The normalized spacial score (nSPS) is 14.8. The Hall–Kier alpha value is -3.44. The fourth-order valence-electron chi connectivity index (χ4n) is 4.26. The van der Waals surface area contributed by atoms with E-state index in [1.165, 1.54) is 18.2 Å². The Morgan fingerprint density at radius 1 is 0.943 bits per heavy atom. The number of rotatable bonds is 6. The molecule has 7 heteroatoms. The van der Waals surface area contributed by atoms with Gasteiger partial charge >= 0.3 is 6.18 Å². The molecule has 0 radical (unpaired) electrons. The van der Waals surface area contributed by atoms with Crippen LogP contribution in [0.25, 0.3) is 23.3 Å². The van der Waals surface area contributed by atoms with Crippen molar-refractivity contribution in [3.8, 4) is 17.2 Å². The van der Waals surface area contributed by atoms with Crippen LogP contribution < -0.4 is 0 Å². The molecule has 0 amide bonds. The maximum Gasteiger partial charge on any atom is 0.416 e. The van der Waals surface area contributed by atoms with Crippen LogP contribution in [0.15, 0.2) is 60.7 Å². The van der Waals surface area contributed by atoms with Crippen LogP contribution in [0.1, 0.15) is 33.4 Å². The molecule has 4 rings (SSSR count). The topological polar surface area (TPSA) is 56.5 Å². The average molecular weight is 479 g/mol. The van der Waals surface area contributed by atoms with E-state index >= 15 is 0 Å². The Labute approximate surface area is 202 Å². The van der Waals surface area contributed by atoms with Crippen molar-refractivity contribution in [2.24, 2.45) is 0 Å². The Bertz CT molecular complexity index is 1240. The SMILES string of the molecule is N#Cc1c(/C=C/c2cc(CO)c(CN3CCOCC3)cc2C(F)(F)F)cccc1-c1ccccc1. The van der Waals surface area contributed by atoms with Gasteiger partial charge in [-0.1, -0.05) is 60.7 Å². The third-order valence-corrected chi connectivity index (χ3v) is 6.08. The first kappa shape index (κ1) is 24.7. The number of hydrogen-bond donors (Lipinski definition) is 1. The van der Waals surface area contributed by atoms with Crippen molar-refractivity contribution in [3.05, 3.63) is 94.0 Å². The second-order valence-electron chi connectivity index (χ2n) is 8.33. The smallest absolute Gasteiger partial charge is 0.392 e. The molecule has 0 aliphatic carbocycles. The van der Waals surface area contributed by atoms with Gasteiger partial charge in [-0.25, -0.2) is 0 Å². The summed E-state index contributed by atoms with van der Waals surface area (Å²) in [6, 6.07) is 19.4. The van der Waals surface area contributed by atoms with E-state index in [0.29, 0.717) is 60.7 Å². The van der Waals surface area contributed by atoms with Gasteiger partial charge in [-0.05, 0) is 39.9 Å². The Balaban J connectivity index is 1.73. The van der Waals surface area contributed by atoms with Gasteiger partial charge < -0.3 is 9.84 Å². The first-order valence-electron chi connectivity index (χ1n) is 11.3. The maximum atomic E-state index is 14.0. The molecule has 0 spiro atoms. The number of nitriles is 1. The summed E-state index contributed by atoms with van der Waals surface area (Å²) >= 11 is 0. The predicted molar refractivity (Wildman–Crippen MR) is 129 cm³/mol. The molecule has 1 heterocycles. The zero-order valence-corrected chi connectivity index (χ0v) is 19.1. The first-order valence-corrected chi connectivity index (χ1v) is 11.3. The van der Waals surface area contributed by atoms with Crippen molar-refractivity contribution in [3.63, 3.8) is 0 Å². The van der Waals surface area contributed by atoms with Crippen LogP contribution in [0.5, 0.6) is 0 Å². The van der Waals surface area contributed by atoms with Crippen molar-refractivity contribution in [2.75, 3.05) is 26.3 Å². The number of morpholine rings is 1. The Morgan fingerprint density at radius 2 is 1.66 bits per heavy atom. The van der Waals surface area contributed by atoms with Crippen LogP contribution in [-0.4, -0.2) is 36.3 Å². The van der Waals surface area contributed by atoms with Crippen LogP contribution in [0.2, 0.25) is 0 Å². The van der Waals surface area contributed by atoms with Crippen LogP contribution in [0, 0.1) is 11.3 Å². The third kappa shape index (κ3) is 5.80. The van der Waals surface area contributed by atoms with E-state index < -0.39 is 11.7 Å². The molecule has 0 unspecified atom stereocenters. The molecule has 1 aliphatic rings. The van der Waals surface area contributed by atoms with Gasteiger partial charge in [-0.3, -0.25) is 4.90 Å². The van der Waals surface area contributed by atoms with E-state index in [9.17, 15) is 23.5 Å². The van der Waals surface area contributed by atoms with Gasteiger partial charge in [0.1, 0.15) is 6.07 Å². The maximum absolute atomic E-state index is 14.0. The van der Waals surface area contributed by atoms with Crippen molar-refractivity contribution in [1.82, 2.24) is 4.90 Å². The van der Waals surface area contributed by atoms with Crippen molar-refractivity contribution < 1.29 is 23.0 Å². The number of nitrogens with zero attached hydrogens (tertiary/aromatic N) is 2. The van der Waals surface area contributed by atoms with E-state index in [4.69, 9.17) is 4.74 Å². The highest BCUT2D eigenvalue weighted by atomic mass is 19.4. The molecule has 0 bridgehead atoms. The van der Waals surface area contributed by atoms with Crippen LogP contribution in [0.3, 0.4) is 0 Å². The molecule has 0 atom stereocenters. The van der Waals surface area contributed by atoms with Crippen molar-refractivity contribution in [2.45, 2.75) is 19.3 Å². The van der Waals surface area contributed by atoms with Crippen molar-refractivity contribution >= 4 is 12.2 Å². The number of aliphatic hydroxyl groups excluding tert-OH is 1. The zero-order chi connectivity index (χ0) is 24.8. The Morgan fingerprint density at radius 3 is 2.31 bits per heavy atom. The quantitative estimate of drug-likeness (QED) is 0.459. The average Bonchev–Trinajstić information content (AvgIpc) is 2.88. The van der Waals surface area contributed by atoms with Gasteiger partial charge in [0.05, 0.1) is 30.9 Å². The zero-order valence-electron chi connectivity index (χ0n) is 19.1. The van der Waals surface area contributed by atoms with Gasteiger partial charge in [-0.15, -0.1) is 0 Å². The molecule has 0 aromatic heterocycles. The highest BCUT2D eigenvalue weighted by Crippen LogP contribution is 2.36. The lowest BCUT2D eigenvalue weighted by molar-refractivity contribution is -0.137. The summed E-state index contributed by atoms with van der Waals surface area (Å²) in [4.78, 5) is 2.02. The van der Waals surface area contributed by atoms with E-state index in [2.05, 4.69) is 6.07 Å². The van der Waals surface area contributed by atoms with Gasteiger partial charge in [0.2, 0.25) is 0 Å². The molecule has 1 aliphatic heterocycles. The summed E-state index contributed by atoms with van der Waals surface area (Å²) in [5, 5.41) is 19.7. The van der Waals surface area contributed by atoms with Gasteiger partial charge in [-0.2, -0.15) is 18.4 Å². The van der Waals surface area contributed by atoms with Gasteiger partial charge in [0.15, 0.2) is 0 Å². The fourth-order valence-corrected chi connectivity index (χ4v) is 4.26. The molecule has 180 valence electrons. The molecule has 0 saturated carbocycles. The second kappa shape index (κ2) is 10.9. The lowest BCUT2D eigenvalue weighted by Crippen LogP contribution is -2.36. The van der Waals surface area contributed by atoms with E-state index in [-0.39, 0.29) is 12.2 Å². The summed E-state index contributed by atoms with van der Waals surface area (Å²) in [6.07, 6.45) is -1.68. The fraction of sp³-hybridized carbons (Fsp3) is 0.250. The van der Waals surface area contributed by atoms with Gasteiger partial charge in [0, 0.05) is 25.2 Å². The van der Waals surface area contributed by atoms with Crippen LogP contribution in [-0.2, 0) is 24.1 Å². The monoisotopic (exact) mass is 478 g/mol. The highest BCUT2D eigenvalue weighted by Gasteiger charge is 2.34.